The number of aromatic nitrogens is 1. The van der Waals surface area contributed by atoms with Gasteiger partial charge in [-0.25, -0.2) is 4.79 Å². The summed E-state index contributed by atoms with van der Waals surface area (Å²) in [5, 5.41) is 0.922. The summed E-state index contributed by atoms with van der Waals surface area (Å²) in [6.45, 7) is 0. The SMILES string of the molecule is C#Cc1ccc(C(=O)Oc2ccc3ncccc3c2)cc1. The summed E-state index contributed by atoms with van der Waals surface area (Å²) in [5.74, 6) is 2.58. The molecule has 0 aliphatic carbocycles. The largest absolute Gasteiger partial charge is 0.423 e. The lowest BCUT2D eigenvalue weighted by Gasteiger charge is -2.05. The van der Waals surface area contributed by atoms with Crippen LogP contribution in [0.1, 0.15) is 15.9 Å². The molecule has 100 valence electrons. The minimum atomic E-state index is -0.415. The van der Waals surface area contributed by atoms with Crippen LogP contribution in [0.4, 0.5) is 0 Å². The van der Waals surface area contributed by atoms with E-state index < -0.39 is 5.97 Å². The van der Waals surface area contributed by atoms with Crippen LogP contribution in [0.5, 0.6) is 5.75 Å². The van der Waals surface area contributed by atoms with Gasteiger partial charge in [-0.05, 0) is 48.5 Å². The highest BCUT2D eigenvalue weighted by Crippen LogP contribution is 2.20. The summed E-state index contributed by atoms with van der Waals surface area (Å²) in [7, 11) is 0. The standard InChI is InChI=1S/C18H11NO2/c1-2-13-5-7-14(8-6-13)18(20)21-16-9-10-17-15(12-16)4-3-11-19-17/h1,3-12H. The Hall–Kier alpha value is -3.12. The van der Waals surface area contributed by atoms with Gasteiger partial charge in [0.1, 0.15) is 5.75 Å². The van der Waals surface area contributed by atoms with Gasteiger partial charge in [0.2, 0.25) is 0 Å². The molecular weight excluding hydrogens is 262 g/mol. The van der Waals surface area contributed by atoms with Crippen LogP contribution in [0, 0.1) is 12.3 Å². The highest BCUT2D eigenvalue weighted by molar-refractivity contribution is 5.91. The monoisotopic (exact) mass is 273 g/mol. The van der Waals surface area contributed by atoms with Crippen molar-refractivity contribution in [2.45, 2.75) is 0 Å². The predicted octanol–water partition coefficient (Wildman–Crippen LogP) is 3.44. The van der Waals surface area contributed by atoms with Gasteiger partial charge < -0.3 is 4.74 Å². The van der Waals surface area contributed by atoms with Crippen LogP contribution in [0.25, 0.3) is 10.9 Å². The Morgan fingerprint density at radius 1 is 1.10 bits per heavy atom. The number of rotatable bonds is 2. The number of terminal acetylenes is 1. The Balaban J connectivity index is 1.83. The van der Waals surface area contributed by atoms with Crippen molar-refractivity contribution < 1.29 is 9.53 Å². The van der Waals surface area contributed by atoms with Crippen molar-refractivity contribution in [3.05, 3.63) is 71.9 Å². The lowest BCUT2D eigenvalue weighted by Crippen LogP contribution is -2.08. The van der Waals surface area contributed by atoms with E-state index in [0.29, 0.717) is 11.3 Å². The van der Waals surface area contributed by atoms with Crippen LogP contribution in [0.15, 0.2) is 60.8 Å². The van der Waals surface area contributed by atoms with Crippen LogP contribution >= 0.6 is 0 Å². The van der Waals surface area contributed by atoms with Crippen LogP contribution < -0.4 is 4.74 Å². The van der Waals surface area contributed by atoms with Gasteiger partial charge in [-0.2, -0.15) is 0 Å². The zero-order chi connectivity index (χ0) is 14.7. The molecule has 0 amide bonds. The van der Waals surface area contributed by atoms with Gasteiger partial charge in [0.05, 0.1) is 11.1 Å². The zero-order valence-corrected chi connectivity index (χ0v) is 11.1. The van der Waals surface area contributed by atoms with Crippen LogP contribution in [-0.4, -0.2) is 11.0 Å². The first kappa shape index (κ1) is 12.9. The second-order valence-corrected chi connectivity index (χ2v) is 4.47. The lowest BCUT2D eigenvalue weighted by molar-refractivity contribution is 0.0735. The fraction of sp³-hybridized carbons (Fsp3) is 0. The molecular formula is C18H11NO2. The number of hydrogen-bond donors (Lipinski definition) is 0. The molecule has 0 bridgehead atoms. The molecule has 3 aromatic rings. The third-order valence-electron chi connectivity index (χ3n) is 3.07. The van der Waals surface area contributed by atoms with E-state index in [1.165, 1.54) is 0 Å². The topological polar surface area (TPSA) is 39.2 Å². The summed E-state index contributed by atoms with van der Waals surface area (Å²) in [5.41, 5.74) is 2.04. The molecule has 0 aliphatic heterocycles. The average Bonchev–Trinajstić information content (AvgIpc) is 2.55. The second-order valence-electron chi connectivity index (χ2n) is 4.47. The molecule has 3 rings (SSSR count). The molecule has 2 aromatic carbocycles. The molecule has 1 heterocycles. The summed E-state index contributed by atoms with van der Waals surface area (Å²) >= 11 is 0. The third-order valence-corrected chi connectivity index (χ3v) is 3.07. The Bertz CT molecular complexity index is 845. The van der Waals surface area contributed by atoms with Crippen molar-refractivity contribution in [2.75, 3.05) is 0 Å². The number of esters is 1. The van der Waals surface area contributed by atoms with Crippen molar-refractivity contribution in [2.24, 2.45) is 0 Å². The number of ether oxygens (including phenoxy) is 1. The summed E-state index contributed by atoms with van der Waals surface area (Å²) in [4.78, 5) is 16.3. The minimum Gasteiger partial charge on any atom is -0.423 e. The van der Waals surface area contributed by atoms with Crippen LogP contribution in [0.2, 0.25) is 0 Å². The molecule has 3 nitrogen and oxygen atoms in total. The molecule has 0 N–H and O–H groups in total. The third kappa shape index (κ3) is 2.75. The van der Waals surface area contributed by atoms with E-state index in [2.05, 4.69) is 10.9 Å². The molecule has 0 saturated carbocycles. The van der Waals surface area contributed by atoms with E-state index in [1.807, 2.05) is 18.2 Å². The van der Waals surface area contributed by atoms with Gasteiger partial charge >= 0.3 is 5.97 Å². The fourth-order valence-corrected chi connectivity index (χ4v) is 1.99. The van der Waals surface area contributed by atoms with Crippen molar-refractivity contribution in [1.82, 2.24) is 4.98 Å². The second kappa shape index (κ2) is 5.48. The molecule has 0 saturated heterocycles. The van der Waals surface area contributed by atoms with Crippen LogP contribution in [0.3, 0.4) is 0 Å². The number of hydrogen-bond acceptors (Lipinski definition) is 3. The predicted molar refractivity (Wildman–Crippen MR) is 81.1 cm³/mol. The van der Waals surface area contributed by atoms with E-state index in [4.69, 9.17) is 11.2 Å². The van der Waals surface area contributed by atoms with Gasteiger partial charge in [-0.3, -0.25) is 4.98 Å². The first-order valence-electron chi connectivity index (χ1n) is 6.40. The molecule has 0 atom stereocenters. The van der Waals surface area contributed by atoms with Crippen molar-refractivity contribution >= 4 is 16.9 Å². The van der Waals surface area contributed by atoms with Gasteiger partial charge in [0.15, 0.2) is 0 Å². The number of fused-ring (bicyclic) bond motifs is 1. The maximum absolute atomic E-state index is 12.1. The normalized spacial score (nSPS) is 10.0. The van der Waals surface area contributed by atoms with Crippen molar-refractivity contribution in [1.29, 1.82) is 0 Å². The lowest BCUT2D eigenvalue weighted by atomic mass is 10.1. The Morgan fingerprint density at radius 3 is 2.67 bits per heavy atom. The molecule has 0 aliphatic rings. The van der Waals surface area contributed by atoms with Gasteiger partial charge in [0.25, 0.3) is 0 Å². The van der Waals surface area contributed by atoms with Crippen molar-refractivity contribution in [3.8, 4) is 18.1 Å². The highest BCUT2D eigenvalue weighted by atomic mass is 16.5. The maximum atomic E-state index is 12.1. The minimum absolute atomic E-state index is 0.415. The number of carbonyl (C=O) groups excluding carboxylic acids is 1. The van der Waals surface area contributed by atoms with E-state index >= 15 is 0 Å². The summed E-state index contributed by atoms with van der Waals surface area (Å²) in [6.07, 6.45) is 7.00. The van der Waals surface area contributed by atoms with Gasteiger partial charge in [-0.15, -0.1) is 6.42 Å². The number of pyridine rings is 1. The number of carbonyl (C=O) groups is 1. The highest BCUT2D eigenvalue weighted by Gasteiger charge is 2.08. The molecule has 0 spiro atoms. The van der Waals surface area contributed by atoms with Crippen molar-refractivity contribution in [3.63, 3.8) is 0 Å². The molecule has 0 fully saturated rings. The quantitative estimate of drug-likeness (QED) is 0.408. The summed E-state index contributed by atoms with van der Waals surface area (Å²) in [6, 6.07) is 15.8. The van der Waals surface area contributed by atoms with Gasteiger partial charge in [0, 0.05) is 17.1 Å². The fourth-order valence-electron chi connectivity index (χ4n) is 1.99. The Kier molecular flexibility index (Phi) is 3.36. The average molecular weight is 273 g/mol. The first-order valence-corrected chi connectivity index (χ1v) is 6.40. The molecule has 3 heteroatoms. The van der Waals surface area contributed by atoms with E-state index in [-0.39, 0.29) is 0 Å². The van der Waals surface area contributed by atoms with Crippen LogP contribution in [-0.2, 0) is 0 Å². The number of nitrogens with zero attached hydrogens (tertiary/aromatic N) is 1. The number of benzene rings is 2. The molecule has 0 radical (unpaired) electrons. The first-order chi connectivity index (χ1) is 10.3. The van der Waals surface area contributed by atoms with E-state index in [9.17, 15) is 4.79 Å². The molecule has 1 aromatic heterocycles. The van der Waals surface area contributed by atoms with E-state index in [1.54, 1.807) is 42.6 Å². The smallest absolute Gasteiger partial charge is 0.343 e. The molecule has 0 unspecified atom stereocenters. The summed E-state index contributed by atoms with van der Waals surface area (Å²) < 4.78 is 5.36. The van der Waals surface area contributed by atoms with Gasteiger partial charge in [-0.1, -0.05) is 12.0 Å². The Labute approximate surface area is 122 Å². The van der Waals surface area contributed by atoms with E-state index in [0.717, 1.165) is 16.5 Å². The zero-order valence-electron chi connectivity index (χ0n) is 11.1. The Morgan fingerprint density at radius 2 is 1.90 bits per heavy atom. The molecule has 21 heavy (non-hydrogen) atoms. The maximum Gasteiger partial charge on any atom is 0.343 e.